The maximum atomic E-state index is 12.9. The number of halogens is 3. The smallest absolute Gasteiger partial charge is 0.355 e. The Morgan fingerprint density at radius 3 is 2.58 bits per heavy atom. The van der Waals surface area contributed by atoms with Crippen molar-refractivity contribution >= 4 is 11.7 Å². The molecule has 2 aromatic carbocycles. The van der Waals surface area contributed by atoms with Gasteiger partial charge < -0.3 is 9.84 Å². The molecule has 4 rings (SSSR count). The van der Waals surface area contributed by atoms with Gasteiger partial charge in [0.15, 0.2) is 17.3 Å². The molecule has 0 spiro atoms. The van der Waals surface area contributed by atoms with Crippen molar-refractivity contribution in [1.29, 1.82) is 0 Å². The number of nitrogens with one attached hydrogen (secondary N) is 1. The normalized spacial score (nSPS) is 11.5. The first-order valence-corrected chi connectivity index (χ1v) is 9.34. The zero-order valence-electron chi connectivity index (χ0n) is 16.3. The molecule has 0 saturated heterocycles. The molecule has 0 unspecified atom stereocenters. The summed E-state index contributed by atoms with van der Waals surface area (Å²) in [6, 6.07) is 17.4. The van der Waals surface area contributed by atoms with E-state index < -0.39 is 17.6 Å². The Bertz CT molecular complexity index is 1210. The van der Waals surface area contributed by atoms with Gasteiger partial charge in [-0.2, -0.15) is 18.3 Å². The maximum Gasteiger partial charge on any atom is 0.416 e. The number of hydrogen-bond donors (Lipinski definition) is 1. The minimum absolute atomic E-state index is 0.0870. The lowest BCUT2D eigenvalue weighted by Gasteiger charge is -2.09. The summed E-state index contributed by atoms with van der Waals surface area (Å²) < 4.78 is 45.5. The monoisotopic (exact) mass is 426 g/mol. The number of rotatable bonds is 5. The number of benzene rings is 2. The van der Waals surface area contributed by atoms with Crippen LogP contribution >= 0.6 is 0 Å². The van der Waals surface area contributed by atoms with Crippen LogP contribution in [0.4, 0.5) is 19.0 Å². The fourth-order valence-corrected chi connectivity index (χ4v) is 3.05. The molecular formula is C22H17F3N4O2. The first-order valence-electron chi connectivity index (χ1n) is 9.34. The van der Waals surface area contributed by atoms with Gasteiger partial charge in [-0.1, -0.05) is 47.6 Å². The number of hydrogen-bond acceptors (Lipinski definition) is 4. The fraction of sp³-hybridized carbons (Fsp3) is 0.136. The van der Waals surface area contributed by atoms with Gasteiger partial charge in [0.1, 0.15) is 0 Å². The van der Waals surface area contributed by atoms with Crippen LogP contribution in [-0.2, 0) is 12.7 Å². The third-order valence-electron chi connectivity index (χ3n) is 4.61. The van der Waals surface area contributed by atoms with Gasteiger partial charge in [-0.25, -0.2) is 0 Å². The average molecular weight is 426 g/mol. The molecule has 0 aliphatic heterocycles. The lowest BCUT2D eigenvalue weighted by molar-refractivity contribution is -0.137. The van der Waals surface area contributed by atoms with E-state index in [0.717, 1.165) is 17.7 Å². The average Bonchev–Trinajstić information content (AvgIpc) is 3.36. The second-order valence-corrected chi connectivity index (χ2v) is 6.92. The standard InChI is InChI=1S/C22H17F3N4O2/c1-14-10-20(27-29(14)13-15-6-5-9-17(11-15)22(23,24)25)26-21(30)18-12-19(31-28-18)16-7-3-2-4-8-16/h2-12H,13H2,1H3,(H,26,27,30). The van der Waals surface area contributed by atoms with Crippen molar-refractivity contribution in [3.05, 3.63) is 89.2 Å². The minimum Gasteiger partial charge on any atom is -0.355 e. The van der Waals surface area contributed by atoms with Crippen molar-refractivity contribution in [1.82, 2.24) is 14.9 Å². The zero-order valence-corrected chi connectivity index (χ0v) is 16.3. The molecular weight excluding hydrogens is 409 g/mol. The molecule has 6 nitrogen and oxygen atoms in total. The quantitative estimate of drug-likeness (QED) is 0.478. The predicted octanol–water partition coefficient (Wildman–Crippen LogP) is 5.17. The highest BCUT2D eigenvalue weighted by Crippen LogP contribution is 2.29. The lowest BCUT2D eigenvalue weighted by atomic mass is 10.1. The van der Waals surface area contributed by atoms with Crippen LogP contribution in [0, 0.1) is 6.92 Å². The highest BCUT2D eigenvalue weighted by molar-refractivity contribution is 6.02. The van der Waals surface area contributed by atoms with E-state index in [2.05, 4.69) is 15.6 Å². The number of anilines is 1. The van der Waals surface area contributed by atoms with Gasteiger partial charge in [0, 0.05) is 23.4 Å². The molecule has 2 aromatic heterocycles. The molecule has 31 heavy (non-hydrogen) atoms. The van der Waals surface area contributed by atoms with Crippen LogP contribution in [0.25, 0.3) is 11.3 Å². The number of amides is 1. The molecule has 0 aliphatic rings. The number of aryl methyl sites for hydroxylation is 1. The third kappa shape index (κ3) is 4.66. The second-order valence-electron chi connectivity index (χ2n) is 6.92. The molecule has 9 heteroatoms. The van der Waals surface area contributed by atoms with E-state index in [4.69, 9.17) is 4.52 Å². The van der Waals surface area contributed by atoms with Gasteiger partial charge >= 0.3 is 6.18 Å². The van der Waals surface area contributed by atoms with Crippen LogP contribution in [0.3, 0.4) is 0 Å². The maximum absolute atomic E-state index is 12.9. The lowest BCUT2D eigenvalue weighted by Crippen LogP contribution is -2.13. The Hall–Kier alpha value is -3.88. The van der Waals surface area contributed by atoms with Crippen LogP contribution in [0.1, 0.15) is 27.3 Å². The van der Waals surface area contributed by atoms with Crippen LogP contribution in [0.2, 0.25) is 0 Å². The summed E-state index contributed by atoms with van der Waals surface area (Å²) in [7, 11) is 0. The van der Waals surface area contributed by atoms with Crippen LogP contribution in [0.5, 0.6) is 0 Å². The molecule has 0 bridgehead atoms. The van der Waals surface area contributed by atoms with Gasteiger partial charge in [-0.05, 0) is 24.6 Å². The van der Waals surface area contributed by atoms with E-state index in [1.54, 1.807) is 19.1 Å². The topological polar surface area (TPSA) is 73.0 Å². The molecule has 0 fully saturated rings. The Morgan fingerprint density at radius 1 is 1.06 bits per heavy atom. The SMILES string of the molecule is Cc1cc(NC(=O)c2cc(-c3ccccc3)on2)nn1Cc1cccc(C(F)(F)F)c1. The molecule has 158 valence electrons. The summed E-state index contributed by atoms with van der Waals surface area (Å²) in [5, 5.41) is 10.7. The van der Waals surface area contributed by atoms with Crippen LogP contribution < -0.4 is 5.32 Å². The van der Waals surface area contributed by atoms with Crippen molar-refractivity contribution in [3.63, 3.8) is 0 Å². The van der Waals surface area contributed by atoms with E-state index in [1.807, 2.05) is 30.3 Å². The number of nitrogens with zero attached hydrogens (tertiary/aromatic N) is 3. The summed E-state index contributed by atoms with van der Waals surface area (Å²) in [6.07, 6.45) is -4.41. The van der Waals surface area contributed by atoms with Gasteiger partial charge in [-0.3, -0.25) is 9.48 Å². The number of carbonyl (C=O) groups is 1. The summed E-state index contributed by atoms with van der Waals surface area (Å²) in [5.74, 6) is 0.213. The molecule has 0 aliphatic carbocycles. The van der Waals surface area contributed by atoms with Crippen molar-refractivity contribution in [2.45, 2.75) is 19.6 Å². The van der Waals surface area contributed by atoms with Gasteiger partial charge in [0.25, 0.3) is 5.91 Å². The van der Waals surface area contributed by atoms with E-state index in [1.165, 1.54) is 16.8 Å². The van der Waals surface area contributed by atoms with Crippen LogP contribution in [0.15, 0.2) is 71.3 Å². The molecule has 0 radical (unpaired) electrons. The predicted molar refractivity (Wildman–Crippen MR) is 107 cm³/mol. The molecule has 2 heterocycles. The highest BCUT2D eigenvalue weighted by atomic mass is 19.4. The highest BCUT2D eigenvalue weighted by Gasteiger charge is 2.30. The Labute approximate surface area is 175 Å². The first kappa shape index (κ1) is 20.4. The largest absolute Gasteiger partial charge is 0.416 e. The molecule has 1 amide bonds. The zero-order chi connectivity index (χ0) is 22.0. The minimum atomic E-state index is -4.41. The van der Waals surface area contributed by atoms with E-state index >= 15 is 0 Å². The summed E-state index contributed by atoms with van der Waals surface area (Å²) in [4.78, 5) is 12.5. The summed E-state index contributed by atoms with van der Waals surface area (Å²) >= 11 is 0. The molecule has 4 aromatic rings. The number of carbonyl (C=O) groups excluding carboxylic acids is 1. The van der Waals surface area contributed by atoms with Gasteiger partial charge in [0.2, 0.25) is 0 Å². The fourth-order valence-electron chi connectivity index (χ4n) is 3.05. The summed E-state index contributed by atoms with van der Waals surface area (Å²) in [5.41, 5.74) is 1.28. The molecule has 1 N–H and O–H groups in total. The number of aromatic nitrogens is 3. The first-order chi connectivity index (χ1) is 14.8. The molecule has 0 saturated carbocycles. The van der Waals surface area contributed by atoms with Crippen molar-refractivity contribution in [2.75, 3.05) is 5.32 Å². The van der Waals surface area contributed by atoms with Crippen molar-refractivity contribution in [2.24, 2.45) is 0 Å². The van der Waals surface area contributed by atoms with Gasteiger partial charge in [-0.15, -0.1) is 0 Å². The Balaban J connectivity index is 1.47. The Kier molecular flexibility index (Phi) is 5.33. The van der Waals surface area contributed by atoms with E-state index in [-0.39, 0.29) is 18.1 Å². The Morgan fingerprint density at radius 2 is 1.84 bits per heavy atom. The second kappa shape index (κ2) is 8.10. The van der Waals surface area contributed by atoms with E-state index in [0.29, 0.717) is 17.0 Å². The van der Waals surface area contributed by atoms with Gasteiger partial charge in [0.05, 0.1) is 12.1 Å². The number of alkyl halides is 3. The summed E-state index contributed by atoms with van der Waals surface area (Å²) in [6.45, 7) is 1.88. The van der Waals surface area contributed by atoms with Crippen molar-refractivity contribution in [3.8, 4) is 11.3 Å². The van der Waals surface area contributed by atoms with Crippen LogP contribution in [-0.4, -0.2) is 20.8 Å². The third-order valence-corrected chi connectivity index (χ3v) is 4.61. The van der Waals surface area contributed by atoms with E-state index in [9.17, 15) is 18.0 Å². The van der Waals surface area contributed by atoms with Crippen molar-refractivity contribution < 1.29 is 22.5 Å². The molecule has 0 atom stereocenters.